The average Bonchev–Trinajstić information content (AvgIpc) is 2.22. The Morgan fingerprint density at radius 2 is 1.86 bits per heavy atom. The predicted octanol–water partition coefficient (Wildman–Crippen LogP) is 1.61. The molecule has 0 heterocycles. The highest BCUT2D eigenvalue weighted by molar-refractivity contribution is 4.68. The summed E-state index contributed by atoms with van der Waals surface area (Å²) < 4.78 is 0. The molecule has 0 rings (SSSR count). The zero-order valence-corrected chi connectivity index (χ0v) is 9.55. The van der Waals surface area contributed by atoms with E-state index in [4.69, 9.17) is 5.26 Å². The molecule has 82 valence electrons. The summed E-state index contributed by atoms with van der Waals surface area (Å²) in [6, 6.07) is 2.16. The molecule has 3 heteroatoms. The lowest BCUT2D eigenvalue weighted by atomic mass is 10.2. The molecule has 0 bridgehead atoms. The van der Waals surface area contributed by atoms with Gasteiger partial charge in [0.05, 0.1) is 6.07 Å². The predicted molar refractivity (Wildman–Crippen MR) is 60.1 cm³/mol. The molecule has 0 aromatic rings. The van der Waals surface area contributed by atoms with Crippen molar-refractivity contribution in [2.45, 2.75) is 33.1 Å². The molecule has 0 spiro atoms. The maximum absolute atomic E-state index is 8.33. The van der Waals surface area contributed by atoms with Gasteiger partial charge in [-0.3, -0.25) is 0 Å². The van der Waals surface area contributed by atoms with Crippen molar-refractivity contribution < 1.29 is 0 Å². The molecular weight excluding hydrogens is 174 g/mol. The maximum Gasteiger partial charge on any atom is 0.0621 e. The fourth-order valence-corrected chi connectivity index (χ4v) is 1.36. The lowest BCUT2D eigenvalue weighted by Gasteiger charge is -2.17. The van der Waals surface area contributed by atoms with Crippen LogP contribution in [0.5, 0.6) is 0 Å². The van der Waals surface area contributed by atoms with E-state index in [0.29, 0.717) is 6.42 Å². The first-order valence-electron chi connectivity index (χ1n) is 5.65. The van der Waals surface area contributed by atoms with E-state index in [1.807, 2.05) is 0 Å². The largest absolute Gasteiger partial charge is 0.315 e. The van der Waals surface area contributed by atoms with Gasteiger partial charge < -0.3 is 10.2 Å². The second kappa shape index (κ2) is 10.5. The van der Waals surface area contributed by atoms with Gasteiger partial charge in [-0.2, -0.15) is 5.26 Å². The van der Waals surface area contributed by atoms with Crippen molar-refractivity contribution in [3.8, 4) is 6.07 Å². The van der Waals surface area contributed by atoms with Crippen LogP contribution in [-0.4, -0.2) is 37.6 Å². The van der Waals surface area contributed by atoms with Crippen molar-refractivity contribution in [2.75, 3.05) is 32.7 Å². The molecule has 0 aliphatic rings. The van der Waals surface area contributed by atoms with Gasteiger partial charge in [0.25, 0.3) is 0 Å². The molecule has 0 unspecified atom stereocenters. The summed E-state index contributed by atoms with van der Waals surface area (Å²) in [7, 11) is 0. The molecule has 0 saturated heterocycles. The van der Waals surface area contributed by atoms with Crippen LogP contribution >= 0.6 is 0 Å². The monoisotopic (exact) mass is 197 g/mol. The first-order chi connectivity index (χ1) is 6.85. The minimum absolute atomic E-state index is 0.692. The van der Waals surface area contributed by atoms with Gasteiger partial charge in [0.1, 0.15) is 0 Å². The number of unbranched alkanes of at least 4 members (excludes halogenated alkanes) is 2. The molecule has 1 N–H and O–H groups in total. The molecule has 0 fully saturated rings. The molecule has 0 amide bonds. The van der Waals surface area contributed by atoms with E-state index in [1.54, 1.807) is 0 Å². The fraction of sp³-hybridized carbons (Fsp3) is 0.909. The van der Waals surface area contributed by atoms with Crippen LogP contribution < -0.4 is 5.32 Å². The Hall–Kier alpha value is -0.590. The Morgan fingerprint density at radius 3 is 2.43 bits per heavy atom. The van der Waals surface area contributed by atoms with E-state index in [1.165, 1.54) is 0 Å². The van der Waals surface area contributed by atoms with Crippen molar-refractivity contribution >= 4 is 0 Å². The normalized spacial score (nSPS) is 10.4. The molecule has 0 aliphatic carbocycles. The smallest absolute Gasteiger partial charge is 0.0621 e. The summed E-state index contributed by atoms with van der Waals surface area (Å²) in [4.78, 5) is 2.41. The summed E-state index contributed by atoms with van der Waals surface area (Å²) in [6.45, 7) is 9.88. The van der Waals surface area contributed by atoms with Crippen molar-refractivity contribution in [3.63, 3.8) is 0 Å². The zero-order valence-electron chi connectivity index (χ0n) is 9.55. The van der Waals surface area contributed by atoms with Gasteiger partial charge in [0.15, 0.2) is 0 Å². The van der Waals surface area contributed by atoms with Gasteiger partial charge >= 0.3 is 0 Å². The summed E-state index contributed by atoms with van der Waals surface area (Å²) >= 11 is 0. The Balaban J connectivity index is 3.09. The minimum atomic E-state index is 0.692. The summed E-state index contributed by atoms with van der Waals surface area (Å²) in [6.07, 6.45) is 2.83. The van der Waals surface area contributed by atoms with Crippen molar-refractivity contribution in [1.29, 1.82) is 5.26 Å². The first kappa shape index (κ1) is 13.4. The van der Waals surface area contributed by atoms with Crippen LogP contribution in [0.3, 0.4) is 0 Å². The van der Waals surface area contributed by atoms with Crippen molar-refractivity contribution in [3.05, 3.63) is 0 Å². The summed E-state index contributed by atoms with van der Waals surface area (Å²) in [5, 5.41) is 11.7. The minimum Gasteiger partial charge on any atom is -0.315 e. The van der Waals surface area contributed by atoms with Crippen molar-refractivity contribution in [1.82, 2.24) is 10.2 Å². The van der Waals surface area contributed by atoms with Gasteiger partial charge in [-0.05, 0) is 32.5 Å². The van der Waals surface area contributed by atoms with E-state index < -0.39 is 0 Å². The van der Waals surface area contributed by atoms with Crippen LogP contribution in [0.2, 0.25) is 0 Å². The standard InChI is InChI=1S/C11H23N3/c1-3-14(4-2)11-10-13-9-7-5-6-8-12/h13H,3-7,9-11H2,1-2H3. The van der Waals surface area contributed by atoms with Crippen LogP contribution in [-0.2, 0) is 0 Å². The molecule has 14 heavy (non-hydrogen) atoms. The lowest BCUT2D eigenvalue weighted by molar-refractivity contribution is 0.302. The molecule has 0 saturated carbocycles. The van der Waals surface area contributed by atoms with Crippen molar-refractivity contribution in [2.24, 2.45) is 0 Å². The van der Waals surface area contributed by atoms with E-state index in [-0.39, 0.29) is 0 Å². The molecule has 0 radical (unpaired) electrons. The van der Waals surface area contributed by atoms with Crippen LogP contribution in [0.25, 0.3) is 0 Å². The number of likely N-dealkylation sites (N-methyl/N-ethyl adjacent to an activating group) is 1. The Labute approximate surface area is 88.1 Å². The topological polar surface area (TPSA) is 39.1 Å². The van der Waals surface area contributed by atoms with Gasteiger partial charge in [0, 0.05) is 19.5 Å². The average molecular weight is 197 g/mol. The summed E-state index contributed by atoms with van der Waals surface area (Å²) in [5.74, 6) is 0. The third-order valence-electron chi connectivity index (χ3n) is 2.39. The third kappa shape index (κ3) is 8.03. The molecule has 0 aliphatic heterocycles. The number of hydrogen-bond acceptors (Lipinski definition) is 3. The van der Waals surface area contributed by atoms with Crippen LogP contribution in [0.15, 0.2) is 0 Å². The van der Waals surface area contributed by atoms with E-state index in [2.05, 4.69) is 30.1 Å². The first-order valence-corrected chi connectivity index (χ1v) is 5.65. The van der Waals surface area contributed by atoms with Crippen LogP contribution in [0.4, 0.5) is 0 Å². The lowest BCUT2D eigenvalue weighted by Crippen LogP contribution is -2.32. The zero-order chi connectivity index (χ0) is 10.6. The molecular formula is C11H23N3. The number of nitriles is 1. The van der Waals surface area contributed by atoms with Gasteiger partial charge in [-0.15, -0.1) is 0 Å². The second-order valence-corrected chi connectivity index (χ2v) is 3.39. The van der Waals surface area contributed by atoms with Gasteiger partial charge in [0.2, 0.25) is 0 Å². The highest BCUT2D eigenvalue weighted by atomic mass is 15.1. The van der Waals surface area contributed by atoms with Gasteiger partial charge in [-0.1, -0.05) is 13.8 Å². The summed E-state index contributed by atoms with van der Waals surface area (Å²) in [5.41, 5.74) is 0. The number of rotatable bonds is 9. The third-order valence-corrected chi connectivity index (χ3v) is 2.39. The number of hydrogen-bond donors (Lipinski definition) is 1. The molecule has 0 atom stereocenters. The van der Waals surface area contributed by atoms with E-state index in [0.717, 1.165) is 45.6 Å². The van der Waals surface area contributed by atoms with E-state index in [9.17, 15) is 0 Å². The molecule has 0 aromatic heterocycles. The SMILES string of the molecule is CCN(CC)CCNCCCCC#N. The van der Waals surface area contributed by atoms with E-state index >= 15 is 0 Å². The highest BCUT2D eigenvalue weighted by Crippen LogP contribution is 1.91. The second-order valence-electron chi connectivity index (χ2n) is 3.39. The van der Waals surface area contributed by atoms with Crippen LogP contribution in [0.1, 0.15) is 33.1 Å². The molecule has 0 aromatic carbocycles. The van der Waals surface area contributed by atoms with Crippen LogP contribution in [0, 0.1) is 11.3 Å². The Bertz CT molecular complexity index is 147. The Morgan fingerprint density at radius 1 is 1.14 bits per heavy atom. The number of nitrogens with zero attached hydrogens (tertiary/aromatic N) is 2. The Kier molecular flexibility index (Phi) is 10.0. The fourth-order valence-electron chi connectivity index (χ4n) is 1.36. The maximum atomic E-state index is 8.33. The molecule has 3 nitrogen and oxygen atoms in total. The van der Waals surface area contributed by atoms with Gasteiger partial charge in [-0.25, -0.2) is 0 Å². The number of nitrogens with one attached hydrogen (secondary N) is 1. The highest BCUT2D eigenvalue weighted by Gasteiger charge is 1.96. The quantitative estimate of drug-likeness (QED) is 0.571.